The van der Waals surface area contributed by atoms with Crippen molar-refractivity contribution >= 4 is 11.8 Å². The highest BCUT2D eigenvalue weighted by Crippen LogP contribution is 2.11. The number of amides is 2. The number of hydrogen-bond acceptors (Lipinski definition) is 4. The largest absolute Gasteiger partial charge is 0.383 e. The minimum absolute atomic E-state index is 0.0499. The van der Waals surface area contributed by atoms with Crippen LogP contribution in [0.1, 0.15) is 18.4 Å². The van der Waals surface area contributed by atoms with Crippen LogP contribution in [0.15, 0.2) is 12.4 Å². The third-order valence-electron chi connectivity index (χ3n) is 3.55. The maximum atomic E-state index is 12.4. The molecule has 0 saturated carbocycles. The minimum Gasteiger partial charge on any atom is -0.383 e. The van der Waals surface area contributed by atoms with Gasteiger partial charge in [-0.3, -0.25) is 14.3 Å². The smallest absolute Gasteiger partial charge is 0.242 e. The zero-order chi connectivity index (χ0) is 15.2. The molecule has 0 bridgehead atoms. The molecule has 0 aliphatic carbocycles. The van der Waals surface area contributed by atoms with Crippen LogP contribution in [0.3, 0.4) is 0 Å². The third-order valence-corrected chi connectivity index (χ3v) is 3.55. The molecule has 0 unspecified atom stereocenters. The van der Waals surface area contributed by atoms with Crippen LogP contribution in [0, 0.1) is 0 Å². The predicted molar refractivity (Wildman–Crippen MR) is 76.3 cm³/mol. The van der Waals surface area contributed by atoms with E-state index in [-0.39, 0.29) is 18.4 Å². The van der Waals surface area contributed by atoms with Crippen LogP contribution in [0.2, 0.25) is 0 Å². The van der Waals surface area contributed by atoms with E-state index in [9.17, 15) is 9.59 Å². The van der Waals surface area contributed by atoms with Crippen LogP contribution in [-0.4, -0.2) is 64.7 Å². The molecule has 1 fully saturated rings. The molecule has 0 atom stereocenters. The lowest BCUT2D eigenvalue weighted by Crippen LogP contribution is -2.41. The summed E-state index contributed by atoms with van der Waals surface area (Å²) in [4.78, 5) is 27.4. The summed E-state index contributed by atoms with van der Waals surface area (Å²) in [5.41, 5.74) is 0.967. The molecule has 0 spiro atoms. The van der Waals surface area contributed by atoms with Crippen molar-refractivity contribution in [2.24, 2.45) is 7.05 Å². The topological polar surface area (TPSA) is 67.7 Å². The quantitative estimate of drug-likeness (QED) is 0.711. The summed E-state index contributed by atoms with van der Waals surface area (Å²) in [6.45, 7) is 2.29. The number of hydrogen-bond donors (Lipinski definition) is 0. The Hall–Kier alpha value is -1.89. The molecule has 116 valence electrons. The molecule has 0 N–H and O–H groups in total. The van der Waals surface area contributed by atoms with E-state index in [1.807, 2.05) is 13.2 Å². The van der Waals surface area contributed by atoms with Gasteiger partial charge < -0.3 is 14.5 Å². The molecular weight excluding hydrogens is 272 g/mol. The average Bonchev–Trinajstić information content (AvgIpc) is 3.04. The minimum atomic E-state index is -0.0499. The van der Waals surface area contributed by atoms with Gasteiger partial charge in [-0.25, -0.2) is 0 Å². The Balaban J connectivity index is 1.96. The molecule has 2 heterocycles. The molecule has 1 saturated heterocycles. The van der Waals surface area contributed by atoms with Crippen molar-refractivity contribution in [1.29, 1.82) is 0 Å². The van der Waals surface area contributed by atoms with Gasteiger partial charge in [0.15, 0.2) is 0 Å². The molecule has 0 aromatic carbocycles. The van der Waals surface area contributed by atoms with E-state index in [0.29, 0.717) is 32.7 Å². The van der Waals surface area contributed by atoms with Gasteiger partial charge in [0.05, 0.1) is 19.3 Å². The second-order valence-corrected chi connectivity index (χ2v) is 5.25. The van der Waals surface area contributed by atoms with Crippen molar-refractivity contribution in [2.45, 2.75) is 19.4 Å². The lowest BCUT2D eigenvalue weighted by Gasteiger charge is -2.24. The summed E-state index contributed by atoms with van der Waals surface area (Å²) in [7, 11) is 3.45. The summed E-state index contributed by atoms with van der Waals surface area (Å²) in [6.07, 6.45) is 5.02. The van der Waals surface area contributed by atoms with E-state index < -0.39 is 0 Å². The van der Waals surface area contributed by atoms with Gasteiger partial charge in [-0.05, 0) is 6.42 Å². The number of carbonyl (C=O) groups is 2. The Morgan fingerprint density at radius 1 is 1.52 bits per heavy atom. The highest BCUT2D eigenvalue weighted by molar-refractivity contribution is 5.85. The van der Waals surface area contributed by atoms with E-state index >= 15 is 0 Å². The Morgan fingerprint density at radius 2 is 2.33 bits per heavy atom. The fourth-order valence-corrected chi connectivity index (χ4v) is 2.40. The summed E-state index contributed by atoms with van der Waals surface area (Å²) in [5.74, 6) is 0.0163. The maximum absolute atomic E-state index is 12.4. The van der Waals surface area contributed by atoms with Gasteiger partial charge in [-0.15, -0.1) is 0 Å². The molecule has 1 aliphatic heterocycles. The Labute approximate surface area is 124 Å². The molecule has 2 amide bonds. The van der Waals surface area contributed by atoms with Crippen molar-refractivity contribution in [3.8, 4) is 0 Å². The number of aromatic nitrogens is 2. The first-order chi connectivity index (χ1) is 10.1. The maximum Gasteiger partial charge on any atom is 0.242 e. The van der Waals surface area contributed by atoms with Gasteiger partial charge in [0.1, 0.15) is 0 Å². The first-order valence-corrected chi connectivity index (χ1v) is 7.12. The van der Waals surface area contributed by atoms with Crippen molar-refractivity contribution < 1.29 is 14.3 Å². The van der Waals surface area contributed by atoms with Crippen LogP contribution >= 0.6 is 0 Å². The third kappa shape index (κ3) is 4.29. The molecular formula is C14H22N4O3. The van der Waals surface area contributed by atoms with Crippen molar-refractivity contribution in [3.05, 3.63) is 18.0 Å². The summed E-state index contributed by atoms with van der Waals surface area (Å²) in [5, 5.41) is 4.11. The van der Waals surface area contributed by atoms with Gasteiger partial charge in [0, 0.05) is 52.0 Å². The Morgan fingerprint density at radius 3 is 2.90 bits per heavy atom. The number of carbonyl (C=O) groups excluding carboxylic acids is 2. The number of methoxy groups -OCH3 is 1. The van der Waals surface area contributed by atoms with Crippen LogP contribution in [0.25, 0.3) is 0 Å². The van der Waals surface area contributed by atoms with Crippen LogP contribution < -0.4 is 0 Å². The molecule has 7 heteroatoms. The van der Waals surface area contributed by atoms with E-state index in [4.69, 9.17) is 4.74 Å². The summed E-state index contributed by atoms with van der Waals surface area (Å²) in [6, 6.07) is 0. The fraction of sp³-hybridized carbons (Fsp3) is 0.643. The molecule has 7 nitrogen and oxygen atoms in total. The molecule has 1 aliphatic rings. The van der Waals surface area contributed by atoms with Gasteiger partial charge in [-0.2, -0.15) is 5.10 Å². The average molecular weight is 294 g/mol. The standard InChI is InChI=1S/C14H22N4O3/c1-16-9-12(8-15-16)10-18(6-7-21-2)14(20)11-17-5-3-4-13(17)19/h8-9H,3-7,10-11H2,1-2H3. The van der Waals surface area contributed by atoms with Crippen LogP contribution in [0.4, 0.5) is 0 Å². The van der Waals surface area contributed by atoms with Crippen LogP contribution in [0.5, 0.6) is 0 Å². The van der Waals surface area contributed by atoms with Crippen molar-refractivity contribution in [1.82, 2.24) is 19.6 Å². The molecule has 1 aromatic heterocycles. The number of aryl methyl sites for hydroxylation is 1. The first kappa shape index (κ1) is 15.5. The van der Waals surface area contributed by atoms with E-state index in [1.54, 1.807) is 27.8 Å². The van der Waals surface area contributed by atoms with Gasteiger partial charge in [0.25, 0.3) is 0 Å². The Bertz CT molecular complexity index is 500. The highest BCUT2D eigenvalue weighted by Gasteiger charge is 2.25. The normalized spacial score (nSPS) is 14.8. The number of rotatable bonds is 7. The zero-order valence-corrected chi connectivity index (χ0v) is 12.6. The van der Waals surface area contributed by atoms with Crippen molar-refractivity contribution in [3.63, 3.8) is 0 Å². The van der Waals surface area contributed by atoms with Gasteiger partial charge >= 0.3 is 0 Å². The SMILES string of the molecule is COCCN(Cc1cnn(C)c1)C(=O)CN1CCCC1=O. The molecule has 2 rings (SSSR count). The lowest BCUT2D eigenvalue weighted by molar-refractivity contribution is -0.139. The second-order valence-electron chi connectivity index (χ2n) is 5.25. The number of nitrogens with zero attached hydrogens (tertiary/aromatic N) is 4. The van der Waals surface area contributed by atoms with E-state index in [0.717, 1.165) is 12.0 Å². The van der Waals surface area contributed by atoms with Crippen LogP contribution in [-0.2, 0) is 27.9 Å². The molecule has 1 aromatic rings. The summed E-state index contributed by atoms with van der Waals surface area (Å²) >= 11 is 0. The highest BCUT2D eigenvalue weighted by atomic mass is 16.5. The monoisotopic (exact) mass is 294 g/mol. The van der Waals surface area contributed by atoms with Gasteiger partial charge in [-0.1, -0.05) is 0 Å². The number of ether oxygens (including phenoxy) is 1. The summed E-state index contributed by atoms with van der Waals surface area (Å²) < 4.78 is 6.77. The van der Waals surface area contributed by atoms with Gasteiger partial charge in [0.2, 0.25) is 11.8 Å². The predicted octanol–water partition coefficient (Wildman–Crippen LogP) is 0.0175. The van der Waals surface area contributed by atoms with E-state index in [2.05, 4.69) is 5.10 Å². The molecule has 21 heavy (non-hydrogen) atoms. The molecule has 0 radical (unpaired) electrons. The lowest BCUT2D eigenvalue weighted by atomic mass is 10.3. The zero-order valence-electron chi connectivity index (χ0n) is 12.6. The van der Waals surface area contributed by atoms with E-state index in [1.165, 1.54) is 0 Å². The second kappa shape index (κ2) is 7.21. The first-order valence-electron chi connectivity index (χ1n) is 7.12. The number of likely N-dealkylation sites (tertiary alicyclic amines) is 1. The Kier molecular flexibility index (Phi) is 5.32. The fourth-order valence-electron chi connectivity index (χ4n) is 2.40. The van der Waals surface area contributed by atoms with Crippen molar-refractivity contribution in [2.75, 3.05) is 33.4 Å².